The summed E-state index contributed by atoms with van der Waals surface area (Å²) in [6.45, 7) is 7.59. The third kappa shape index (κ3) is 5.99. The summed E-state index contributed by atoms with van der Waals surface area (Å²) >= 11 is 0. The normalized spacial score (nSPS) is 11.8. The number of nitrogens with zero attached hydrogens (tertiary/aromatic N) is 3. The molecule has 102 valence electrons. The zero-order chi connectivity index (χ0) is 13.2. The first-order valence-electron chi connectivity index (χ1n) is 7.22. The molecule has 0 aliphatic rings. The molecular weight excluding hydrogens is 222 g/mol. The van der Waals surface area contributed by atoms with Gasteiger partial charge in [-0.1, -0.05) is 50.5 Å². The zero-order valence-electron chi connectivity index (χ0n) is 12.1. The van der Waals surface area contributed by atoms with Crippen LogP contribution in [0.25, 0.3) is 0 Å². The van der Waals surface area contributed by atoms with Gasteiger partial charge in [0.05, 0.1) is 11.9 Å². The van der Waals surface area contributed by atoms with Crippen molar-refractivity contribution in [3.05, 3.63) is 24.0 Å². The first-order valence-corrected chi connectivity index (χ1v) is 7.22. The first kappa shape index (κ1) is 14.9. The van der Waals surface area contributed by atoms with Crippen LogP contribution in [0.2, 0.25) is 0 Å². The Morgan fingerprint density at radius 3 is 2.83 bits per heavy atom. The van der Waals surface area contributed by atoms with Gasteiger partial charge in [0.2, 0.25) is 0 Å². The van der Waals surface area contributed by atoms with Crippen molar-refractivity contribution in [3.8, 4) is 0 Å². The number of hydrogen-bond acceptors (Lipinski definition) is 2. The predicted molar refractivity (Wildman–Crippen MR) is 76.5 cm³/mol. The quantitative estimate of drug-likeness (QED) is 0.489. The van der Waals surface area contributed by atoms with Crippen LogP contribution in [0.1, 0.15) is 58.6 Å². The number of aryl methyl sites for hydroxylation is 2. The van der Waals surface area contributed by atoms with Gasteiger partial charge >= 0.3 is 0 Å². The Morgan fingerprint density at radius 1 is 1.28 bits per heavy atom. The van der Waals surface area contributed by atoms with Gasteiger partial charge in [-0.25, -0.2) is 4.68 Å². The van der Waals surface area contributed by atoms with Crippen LogP contribution in [0.15, 0.2) is 18.3 Å². The average Bonchev–Trinajstić information content (AvgIpc) is 2.76. The van der Waals surface area contributed by atoms with Gasteiger partial charge in [0.1, 0.15) is 0 Å². The highest BCUT2D eigenvalue weighted by Crippen LogP contribution is 2.11. The van der Waals surface area contributed by atoms with E-state index < -0.39 is 0 Å². The predicted octanol–water partition coefficient (Wildman–Crippen LogP) is 4.00. The molecule has 0 spiro atoms. The number of aromatic nitrogens is 3. The molecule has 0 aliphatic carbocycles. The third-order valence-corrected chi connectivity index (χ3v) is 3.16. The zero-order valence-corrected chi connectivity index (χ0v) is 12.1. The molecule has 0 aromatic carbocycles. The Bertz CT molecular complexity index is 339. The minimum atomic E-state index is 0.832. The van der Waals surface area contributed by atoms with Crippen LogP contribution in [0.5, 0.6) is 0 Å². The fourth-order valence-electron chi connectivity index (χ4n) is 2.06. The molecule has 0 atom stereocenters. The Labute approximate surface area is 111 Å². The molecule has 0 saturated heterocycles. The minimum absolute atomic E-state index is 0.832. The highest BCUT2D eigenvalue weighted by Gasteiger charge is 2.03. The highest BCUT2D eigenvalue weighted by atomic mass is 15.4. The monoisotopic (exact) mass is 249 g/mol. The Balaban J connectivity index is 2.23. The second-order valence-corrected chi connectivity index (χ2v) is 5.30. The van der Waals surface area contributed by atoms with E-state index in [2.05, 4.69) is 43.2 Å². The van der Waals surface area contributed by atoms with Gasteiger partial charge in [0.15, 0.2) is 0 Å². The summed E-state index contributed by atoms with van der Waals surface area (Å²) in [5, 5.41) is 8.16. The van der Waals surface area contributed by atoms with Crippen molar-refractivity contribution in [2.45, 2.75) is 65.8 Å². The minimum Gasteiger partial charge on any atom is -0.249 e. The standard InChI is InChI=1S/C15H27N3/c1-4-5-9-12-18-15(13-16-17-18)11-8-6-7-10-14(2)3/h4-5,13-14H,6-12H2,1-3H3/b5-4-. The molecule has 0 aliphatic heterocycles. The topological polar surface area (TPSA) is 30.7 Å². The lowest BCUT2D eigenvalue weighted by molar-refractivity contribution is 0.516. The van der Waals surface area contributed by atoms with Crippen molar-refractivity contribution in [3.63, 3.8) is 0 Å². The molecule has 3 heteroatoms. The maximum atomic E-state index is 4.15. The highest BCUT2D eigenvalue weighted by molar-refractivity contribution is 4.94. The molecule has 3 nitrogen and oxygen atoms in total. The molecule has 0 fully saturated rings. The molecule has 1 rings (SSSR count). The SMILES string of the molecule is C/C=C\CCn1nncc1CCCCCC(C)C. The molecule has 1 aromatic rings. The van der Waals surface area contributed by atoms with Gasteiger partial charge in [-0.3, -0.25) is 0 Å². The lowest BCUT2D eigenvalue weighted by atomic mass is 10.0. The van der Waals surface area contributed by atoms with Crippen LogP contribution >= 0.6 is 0 Å². The van der Waals surface area contributed by atoms with Crippen LogP contribution in [0, 0.1) is 5.92 Å². The second-order valence-electron chi connectivity index (χ2n) is 5.30. The fourth-order valence-corrected chi connectivity index (χ4v) is 2.06. The molecule has 0 N–H and O–H groups in total. The van der Waals surface area contributed by atoms with Gasteiger partial charge < -0.3 is 0 Å². The van der Waals surface area contributed by atoms with Gasteiger partial charge in [-0.2, -0.15) is 0 Å². The van der Waals surface area contributed by atoms with Crippen LogP contribution < -0.4 is 0 Å². The molecule has 1 aromatic heterocycles. The Hall–Kier alpha value is -1.12. The molecule has 18 heavy (non-hydrogen) atoms. The third-order valence-electron chi connectivity index (χ3n) is 3.16. The summed E-state index contributed by atoms with van der Waals surface area (Å²) in [6, 6.07) is 0. The Kier molecular flexibility index (Phi) is 7.38. The van der Waals surface area contributed by atoms with Crippen molar-refractivity contribution in [1.29, 1.82) is 0 Å². The molecule has 0 bridgehead atoms. The second kappa shape index (κ2) is 8.90. The van der Waals surface area contributed by atoms with E-state index in [1.54, 1.807) is 0 Å². The van der Waals surface area contributed by atoms with Crippen molar-refractivity contribution in [2.24, 2.45) is 5.92 Å². The van der Waals surface area contributed by atoms with Crippen molar-refractivity contribution in [1.82, 2.24) is 15.0 Å². The number of hydrogen-bond donors (Lipinski definition) is 0. The summed E-state index contributed by atoms with van der Waals surface area (Å²) in [5.41, 5.74) is 1.28. The Morgan fingerprint density at radius 2 is 2.11 bits per heavy atom. The largest absolute Gasteiger partial charge is 0.249 e. The summed E-state index contributed by atoms with van der Waals surface area (Å²) in [5.74, 6) is 0.832. The van der Waals surface area contributed by atoms with E-state index in [1.165, 1.54) is 31.4 Å². The summed E-state index contributed by atoms with van der Waals surface area (Å²) in [4.78, 5) is 0. The average molecular weight is 249 g/mol. The van der Waals surface area contributed by atoms with E-state index >= 15 is 0 Å². The van der Waals surface area contributed by atoms with E-state index in [0.717, 1.165) is 25.3 Å². The van der Waals surface area contributed by atoms with E-state index in [4.69, 9.17) is 0 Å². The molecular formula is C15H27N3. The lowest BCUT2D eigenvalue weighted by Crippen LogP contribution is -2.05. The van der Waals surface area contributed by atoms with Crippen LogP contribution in [0.4, 0.5) is 0 Å². The van der Waals surface area contributed by atoms with Crippen molar-refractivity contribution in [2.75, 3.05) is 0 Å². The number of rotatable bonds is 9. The van der Waals surface area contributed by atoms with Gasteiger partial charge in [0.25, 0.3) is 0 Å². The molecule has 0 unspecified atom stereocenters. The molecule has 0 amide bonds. The van der Waals surface area contributed by atoms with Crippen molar-refractivity contribution < 1.29 is 0 Å². The lowest BCUT2D eigenvalue weighted by Gasteiger charge is -2.06. The summed E-state index contributed by atoms with van der Waals surface area (Å²) in [6.07, 6.45) is 13.6. The first-order chi connectivity index (χ1) is 8.74. The smallest absolute Gasteiger partial charge is 0.0725 e. The number of allylic oxidation sites excluding steroid dienone is 2. The summed E-state index contributed by atoms with van der Waals surface area (Å²) in [7, 11) is 0. The maximum Gasteiger partial charge on any atom is 0.0725 e. The van der Waals surface area contributed by atoms with E-state index in [1.807, 2.05) is 10.9 Å². The van der Waals surface area contributed by atoms with Crippen LogP contribution in [-0.4, -0.2) is 15.0 Å². The summed E-state index contributed by atoms with van der Waals surface area (Å²) < 4.78 is 2.04. The van der Waals surface area contributed by atoms with Crippen LogP contribution in [0.3, 0.4) is 0 Å². The maximum absolute atomic E-state index is 4.15. The van der Waals surface area contributed by atoms with E-state index in [9.17, 15) is 0 Å². The fraction of sp³-hybridized carbons (Fsp3) is 0.733. The van der Waals surface area contributed by atoms with Crippen molar-refractivity contribution >= 4 is 0 Å². The van der Waals surface area contributed by atoms with Gasteiger partial charge in [-0.05, 0) is 32.1 Å². The number of unbranched alkanes of at least 4 members (excludes halogenated alkanes) is 2. The molecule has 0 radical (unpaired) electrons. The van der Waals surface area contributed by atoms with E-state index in [-0.39, 0.29) is 0 Å². The van der Waals surface area contributed by atoms with Gasteiger partial charge in [0, 0.05) is 6.54 Å². The van der Waals surface area contributed by atoms with Crippen LogP contribution in [-0.2, 0) is 13.0 Å². The van der Waals surface area contributed by atoms with Gasteiger partial charge in [-0.15, -0.1) is 5.10 Å². The molecule has 1 heterocycles. The molecule has 0 saturated carbocycles. The van der Waals surface area contributed by atoms with E-state index in [0.29, 0.717) is 0 Å².